The molecule has 2 rings (SSSR count). The van der Waals surface area contributed by atoms with Crippen LogP contribution in [0.4, 0.5) is 5.69 Å². The Labute approximate surface area is 136 Å². The molecule has 7 nitrogen and oxygen atoms in total. The number of nitrogens with zero attached hydrogens (tertiary/aromatic N) is 1. The van der Waals surface area contributed by atoms with Gasteiger partial charge < -0.3 is 0 Å². The van der Waals surface area contributed by atoms with Gasteiger partial charge in [0.25, 0.3) is 17.5 Å². The lowest BCUT2D eigenvalue weighted by molar-refractivity contribution is -0.385. The van der Waals surface area contributed by atoms with Crippen LogP contribution in [0.3, 0.4) is 0 Å². The van der Waals surface area contributed by atoms with Crippen LogP contribution >= 0.6 is 11.6 Å². The minimum Gasteiger partial charge on any atom is -0.267 e. The molecule has 0 aromatic heterocycles. The summed E-state index contributed by atoms with van der Waals surface area (Å²) in [6.07, 6.45) is 0. The van der Waals surface area contributed by atoms with Gasteiger partial charge in [0.2, 0.25) is 0 Å². The third-order valence-electron chi connectivity index (χ3n) is 3.08. The molecular formula is C15H12ClN3O4. The summed E-state index contributed by atoms with van der Waals surface area (Å²) in [5, 5.41) is 11.1. The second-order valence-electron chi connectivity index (χ2n) is 4.65. The fourth-order valence-corrected chi connectivity index (χ4v) is 2.07. The Balaban J connectivity index is 2.08. The van der Waals surface area contributed by atoms with Gasteiger partial charge in [-0.2, -0.15) is 0 Å². The van der Waals surface area contributed by atoms with E-state index >= 15 is 0 Å². The van der Waals surface area contributed by atoms with E-state index in [4.69, 9.17) is 11.6 Å². The van der Waals surface area contributed by atoms with Crippen molar-refractivity contribution in [2.45, 2.75) is 6.92 Å². The highest BCUT2D eigenvalue weighted by molar-refractivity contribution is 6.33. The maximum Gasteiger partial charge on any atom is 0.273 e. The fraction of sp³-hybridized carbons (Fsp3) is 0.0667. The lowest BCUT2D eigenvalue weighted by Gasteiger charge is -2.08. The predicted octanol–water partition coefficient (Wildman–Crippen LogP) is 2.63. The van der Waals surface area contributed by atoms with Crippen LogP contribution < -0.4 is 10.9 Å². The first-order valence-corrected chi connectivity index (χ1v) is 6.88. The van der Waals surface area contributed by atoms with Gasteiger partial charge in [-0.3, -0.25) is 30.6 Å². The van der Waals surface area contributed by atoms with Crippen molar-refractivity contribution in [2.24, 2.45) is 0 Å². The molecule has 0 aliphatic rings. The maximum absolute atomic E-state index is 12.0. The van der Waals surface area contributed by atoms with Gasteiger partial charge in [0.15, 0.2) is 0 Å². The Morgan fingerprint density at radius 2 is 1.74 bits per heavy atom. The van der Waals surface area contributed by atoms with Crippen molar-refractivity contribution in [3.63, 3.8) is 0 Å². The standard InChI is InChI=1S/C15H12ClN3O4/c1-9-6-7-10(8-13(9)19(22)23)14(20)17-18-15(21)11-4-2-3-5-12(11)16/h2-8H,1H3,(H,17,20)(H,18,21). The lowest BCUT2D eigenvalue weighted by atomic mass is 10.1. The molecule has 0 aliphatic heterocycles. The van der Waals surface area contributed by atoms with E-state index in [0.29, 0.717) is 5.56 Å². The van der Waals surface area contributed by atoms with Crippen molar-refractivity contribution in [1.82, 2.24) is 10.9 Å². The smallest absolute Gasteiger partial charge is 0.267 e. The molecule has 0 atom stereocenters. The number of carbonyl (C=O) groups is 2. The number of rotatable bonds is 3. The number of nitro benzene ring substituents is 1. The van der Waals surface area contributed by atoms with Gasteiger partial charge in [0.05, 0.1) is 15.5 Å². The molecule has 118 valence electrons. The summed E-state index contributed by atoms with van der Waals surface area (Å²) in [6, 6.07) is 10.4. The number of benzene rings is 2. The Kier molecular flexibility index (Phi) is 4.92. The van der Waals surface area contributed by atoms with E-state index < -0.39 is 16.7 Å². The lowest BCUT2D eigenvalue weighted by Crippen LogP contribution is -2.41. The molecule has 2 aromatic rings. The van der Waals surface area contributed by atoms with Crippen LogP contribution in [0.5, 0.6) is 0 Å². The van der Waals surface area contributed by atoms with E-state index in [9.17, 15) is 19.7 Å². The number of hydrogen-bond donors (Lipinski definition) is 2. The van der Waals surface area contributed by atoms with E-state index in [2.05, 4.69) is 10.9 Å². The van der Waals surface area contributed by atoms with Crippen molar-refractivity contribution in [3.05, 3.63) is 74.3 Å². The molecule has 0 aliphatic carbocycles. The Hall–Kier alpha value is -2.93. The highest BCUT2D eigenvalue weighted by Crippen LogP contribution is 2.19. The van der Waals surface area contributed by atoms with Crippen LogP contribution in [0.15, 0.2) is 42.5 Å². The average Bonchev–Trinajstić information content (AvgIpc) is 2.52. The first kappa shape index (κ1) is 16.4. The van der Waals surface area contributed by atoms with E-state index in [1.165, 1.54) is 18.2 Å². The molecule has 2 N–H and O–H groups in total. The quantitative estimate of drug-likeness (QED) is 0.665. The Morgan fingerprint density at radius 3 is 2.39 bits per heavy atom. The normalized spacial score (nSPS) is 10.0. The zero-order valence-electron chi connectivity index (χ0n) is 12.0. The molecule has 0 saturated carbocycles. The minimum atomic E-state index is -0.673. The SMILES string of the molecule is Cc1ccc(C(=O)NNC(=O)c2ccccc2Cl)cc1[N+](=O)[O-]. The van der Waals surface area contributed by atoms with Gasteiger partial charge >= 0.3 is 0 Å². The number of nitro groups is 1. The fourth-order valence-electron chi connectivity index (χ4n) is 1.85. The number of hydrogen-bond acceptors (Lipinski definition) is 4. The van der Waals surface area contributed by atoms with Gasteiger partial charge in [-0.1, -0.05) is 29.8 Å². The first-order chi connectivity index (χ1) is 10.9. The Morgan fingerprint density at radius 1 is 1.09 bits per heavy atom. The third-order valence-corrected chi connectivity index (χ3v) is 3.41. The summed E-state index contributed by atoms with van der Waals surface area (Å²) in [5.41, 5.74) is 4.92. The summed E-state index contributed by atoms with van der Waals surface area (Å²) in [5.74, 6) is -1.26. The molecule has 0 spiro atoms. The molecular weight excluding hydrogens is 322 g/mol. The number of carbonyl (C=O) groups excluding carboxylic acids is 2. The van der Waals surface area contributed by atoms with Crippen LogP contribution in [0.25, 0.3) is 0 Å². The topological polar surface area (TPSA) is 101 Å². The molecule has 2 aromatic carbocycles. The van der Waals surface area contributed by atoms with E-state index in [1.54, 1.807) is 25.1 Å². The minimum absolute atomic E-state index is 0.0572. The number of hydrazine groups is 1. The average molecular weight is 334 g/mol. The predicted molar refractivity (Wildman–Crippen MR) is 84.2 cm³/mol. The monoisotopic (exact) mass is 333 g/mol. The van der Waals surface area contributed by atoms with Gasteiger partial charge in [0.1, 0.15) is 0 Å². The maximum atomic E-state index is 12.0. The molecule has 0 unspecified atom stereocenters. The second-order valence-corrected chi connectivity index (χ2v) is 5.05. The van der Waals surface area contributed by atoms with Crippen LogP contribution in [-0.2, 0) is 0 Å². The molecule has 23 heavy (non-hydrogen) atoms. The van der Waals surface area contributed by atoms with Crippen LogP contribution in [0, 0.1) is 17.0 Å². The van der Waals surface area contributed by atoms with Crippen molar-refractivity contribution >= 4 is 29.1 Å². The highest BCUT2D eigenvalue weighted by atomic mass is 35.5. The summed E-state index contributed by atoms with van der Waals surface area (Å²) in [4.78, 5) is 34.2. The molecule has 2 amide bonds. The van der Waals surface area contributed by atoms with E-state index in [-0.39, 0.29) is 21.8 Å². The molecule has 0 radical (unpaired) electrons. The van der Waals surface area contributed by atoms with Crippen LogP contribution in [0.2, 0.25) is 5.02 Å². The van der Waals surface area contributed by atoms with Crippen LogP contribution in [0.1, 0.15) is 26.3 Å². The van der Waals surface area contributed by atoms with Crippen molar-refractivity contribution in [1.29, 1.82) is 0 Å². The zero-order valence-corrected chi connectivity index (χ0v) is 12.8. The van der Waals surface area contributed by atoms with Gasteiger partial charge in [-0.05, 0) is 25.1 Å². The summed E-state index contributed by atoms with van der Waals surface area (Å²) in [6.45, 7) is 1.57. The molecule has 0 heterocycles. The van der Waals surface area contributed by atoms with E-state index in [1.807, 2.05) is 0 Å². The summed E-state index contributed by atoms with van der Waals surface area (Å²) < 4.78 is 0. The Bertz CT molecular complexity index is 792. The van der Waals surface area contributed by atoms with Gasteiger partial charge in [-0.25, -0.2) is 0 Å². The second kappa shape index (κ2) is 6.89. The van der Waals surface area contributed by atoms with E-state index in [0.717, 1.165) is 6.07 Å². The summed E-state index contributed by atoms with van der Waals surface area (Å²) >= 11 is 5.88. The van der Waals surface area contributed by atoms with Crippen molar-refractivity contribution in [3.8, 4) is 0 Å². The molecule has 8 heteroatoms. The zero-order chi connectivity index (χ0) is 17.0. The number of halogens is 1. The first-order valence-electron chi connectivity index (χ1n) is 6.50. The van der Waals surface area contributed by atoms with Crippen molar-refractivity contribution < 1.29 is 14.5 Å². The largest absolute Gasteiger partial charge is 0.273 e. The molecule has 0 bridgehead atoms. The van der Waals surface area contributed by atoms with Crippen LogP contribution in [-0.4, -0.2) is 16.7 Å². The number of amides is 2. The highest BCUT2D eigenvalue weighted by Gasteiger charge is 2.16. The molecule has 0 saturated heterocycles. The number of aryl methyl sites for hydroxylation is 1. The summed E-state index contributed by atoms with van der Waals surface area (Å²) in [7, 11) is 0. The number of nitrogens with one attached hydrogen (secondary N) is 2. The van der Waals surface area contributed by atoms with Gasteiger partial charge in [0, 0.05) is 17.2 Å². The van der Waals surface area contributed by atoms with Crippen molar-refractivity contribution in [2.75, 3.05) is 0 Å². The van der Waals surface area contributed by atoms with Gasteiger partial charge in [-0.15, -0.1) is 0 Å². The third kappa shape index (κ3) is 3.83. The molecule has 0 fully saturated rings.